The number of amides is 1. The number of pyridine rings is 1. The molecule has 0 aliphatic carbocycles. The Balaban J connectivity index is 2.07. The second-order valence-electron chi connectivity index (χ2n) is 5.70. The zero-order valence-electron chi connectivity index (χ0n) is 13.9. The monoisotopic (exact) mass is 411 g/mol. The third kappa shape index (κ3) is 4.23. The fourth-order valence-corrected chi connectivity index (χ4v) is 3.80. The van der Waals surface area contributed by atoms with Crippen molar-refractivity contribution in [1.82, 2.24) is 4.98 Å². The molecule has 1 aromatic carbocycles. The molecule has 0 bridgehead atoms. The van der Waals surface area contributed by atoms with Crippen LogP contribution in [0, 0.1) is 6.92 Å². The number of benzene rings is 1. The molecule has 0 saturated carbocycles. The number of carbonyl (C=O) groups excluding carboxylic acids is 1. The van der Waals surface area contributed by atoms with Crippen molar-refractivity contribution >= 4 is 39.7 Å². The molecule has 0 atom stereocenters. The van der Waals surface area contributed by atoms with Crippen molar-refractivity contribution in [2.75, 3.05) is 5.32 Å². The fraction of sp³-hybridized carbons (Fsp3) is 0.111. The largest absolute Gasteiger partial charge is 0.416 e. The van der Waals surface area contributed by atoms with E-state index in [1.165, 1.54) is 12.1 Å². The van der Waals surface area contributed by atoms with Gasteiger partial charge in [-0.3, -0.25) is 4.79 Å². The number of aromatic nitrogens is 1. The molecule has 2 heterocycles. The van der Waals surface area contributed by atoms with Crippen molar-refractivity contribution in [3.8, 4) is 10.4 Å². The molecule has 4 nitrogen and oxygen atoms in total. The van der Waals surface area contributed by atoms with E-state index in [4.69, 9.17) is 17.3 Å². The number of anilines is 2. The summed E-state index contributed by atoms with van der Waals surface area (Å²) in [5, 5.41) is 3.51. The van der Waals surface area contributed by atoms with E-state index in [2.05, 4.69) is 10.3 Å². The Morgan fingerprint density at radius 1 is 1.22 bits per heavy atom. The lowest BCUT2D eigenvalue weighted by Crippen LogP contribution is -2.11. The van der Waals surface area contributed by atoms with Gasteiger partial charge in [-0.1, -0.05) is 17.7 Å². The van der Waals surface area contributed by atoms with E-state index in [-0.39, 0.29) is 16.1 Å². The number of halogens is 4. The summed E-state index contributed by atoms with van der Waals surface area (Å²) in [4.78, 5) is 16.5. The minimum atomic E-state index is -4.50. The van der Waals surface area contributed by atoms with Crippen LogP contribution in [0.2, 0.25) is 5.02 Å². The first-order chi connectivity index (χ1) is 12.6. The van der Waals surface area contributed by atoms with Gasteiger partial charge in [-0.15, -0.1) is 11.3 Å². The number of nitrogens with one attached hydrogen (secondary N) is 1. The standard InChI is InChI=1S/C18H13ClF3N3OS/c1-9-3-2-4-15(24-9)25-17-12(16(23)26)8-14(27-17)11-7-10(18(20,21)22)5-6-13(11)19/h2-8H,1H3,(H2,23,26)(H,24,25). The number of alkyl halides is 3. The number of carbonyl (C=O) groups is 1. The quantitative estimate of drug-likeness (QED) is 0.584. The highest BCUT2D eigenvalue weighted by Gasteiger charge is 2.31. The summed E-state index contributed by atoms with van der Waals surface area (Å²) in [6.07, 6.45) is -4.50. The third-order valence-electron chi connectivity index (χ3n) is 3.69. The highest BCUT2D eigenvalue weighted by Crippen LogP contribution is 2.42. The van der Waals surface area contributed by atoms with Gasteiger partial charge in [0, 0.05) is 21.2 Å². The number of nitrogens with two attached hydrogens (primary N) is 1. The Hall–Kier alpha value is -2.58. The minimum absolute atomic E-state index is 0.139. The van der Waals surface area contributed by atoms with Gasteiger partial charge in [0.25, 0.3) is 5.91 Å². The summed E-state index contributed by atoms with van der Waals surface area (Å²) in [5.74, 6) is -0.225. The topological polar surface area (TPSA) is 68.0 Å². The van der Waals surface area contributed by atoms with Crippen molar-refractivity contribution < 1.29 is 18.0 Å². The highest BCUT2D eigenvalue weighted by atomic mass is 35.5. The third-order valence-corrected chi connectivity index (χ3v) is 5.10. The van der Waals surface area contributed by atoms with Crippen LogP contribution < -0.4 is 11.1 Å². The summed E-state index contributed by atoms with van der Waals surface area (Å²) < 4.78 is 39.1. The number of rotatable bonds is 4. The molecule has 0 aliphatic rings. The van der Waals surface area contributed by atoms with Crippen LogP contribution >= 0.6 is 22.9 Å². The molecule has 0 aliphatic heterocycles. The molecule has 1 amide bonds. The summed E-state index contributed by atoms with van der Waals surface area (Å²) in [6, 6.07) is 9.76. The second kappa shape index (κ2) is 7.21. The van der Waals surface area contributed by atoms with E-state index in [1.807, 2.05) is 13.0 Å². The number of nitrogens with zero attached hydrogens (tertiary/aromatic N) is 1. The first kappa shape index (κ1) is 19.2. The number of hydrogen-bond donors (Lipinski definition) is 2. The smallest absolute Gasteiger partial charge is 0.366 e. The molecule has 3 aromatic rings. The molecule has 27 heavy (non-hydrogen) atoms. The maximum atomic E-state index is 13.0. The minimum Gasteiger partial charge on any atom is -0.366 e. The van der Waals surface area contributed by atoms with Crippen LogP contribution in [-0.2, 0) is 6.18 Å². The van der Waals surface area contributed by atoms with Gasteiger partial charge in [0.15, 0.2) is 0 Å². The lowest BCUT2D eigenvalue weighted by molar-refractivity contribution is -0.137. The SMILES string of the molecule is Cc1cccc(Nc2sc(-c3cc(C(F)(F)F)ccc3Cl)cc2C(N)=O)n1. The zero-order valence-corrected chi connectivity index (χ0v) is 15.5. The number of thiophene rings is 1. The van der Waals surface area contributed by atoms with E-state index in [1.54, 1.807) is 12.1 Å². The number of aryl methyl sites for hydroxylation is 1. The van der Waals surface area contributed by atoms with Crippen molar-refractivity contribution in [2.45, 2.75) is 13.1 Å². The molecule has 0 fully saturated rings. The van der Waals surface area contributed by atoms with Crippen molar-refractivity contribution in [1.29, 1.82) is 0 Å². The summed E-state index contributed by atoms with van der Waals surface area (Å²) in [5.41, 5.74) is 5.67. The molecule has 2 aromatic heterocycles. The molecule has 3 rings (SSSR count). The molecule has 0 unspecified atom stereocenters. The van der Waals surface area contributed by atoms with Crippen LogP contribution in [0.3, 0.4) is 0 Å². The fourth-order valence-electron chi connectivity index (χ4n) is 2.42. The van der Waals surface area contributed by atoms with Gasteiger partial charge in [-0.05, 0) is 43.3 Å². The van der Waals surface area contributed by atoms with E-state index in [0.717, 1.165) is 29.2 Å². The molecule has 0 spiro atoms. The van der Waals surface area contributed by atoms with Crippen LogP contribution in [0.15, 0.2) is 42.5 Å². The van der Waals surface area contributed by atoms with Gasteiger partial charge in [0.1, 0.15) is 10.8 Å². The maximum absolute atomic E-state index is 13.0. The average Bonchev–Trinajstić information content (AvgIpc) is 2.98. The number of primary amides is 1. The van der Waals surface area contributed by atoms with Gasteiger partial charge in [0.2, 0.25) is 0 Å². The molecular formula is C18H13ClF3N3OS. The Kier molecular flexibility index (Phi) is 5.12. The lowest BCUT2D eigenvalue weighted by Gasteiger charge is -2.09. The summed E-state index contributed by atoms with van der Waals surface area (Å²) in [6.45, 7) is 1.81. The van der Waals surface area contributed by atoms with Crippen LogP contribution in [0.4, 0.5) is 24.0 Å². The average molecular weight is 412 g/mol. The predicted molar refractivity (Wildman–Crippen MR) is 101 cm³/mol. The molecule has 9 heteroatoms. The maximum Gasteiger partial charge on any atom is 0.416 e. The Morgan fingerprint density at radius 2 is 1.96 bits per heavy atom. The first-order valence-corrected chi connectivity index (χ1v) is 8.86. The van der Waals surface area contributed by atoms with Gasteiger partial charge >= 0.3 is 6.18 Å². The predicted octanol–water partition coefficient (Wildman–Crippen LogP) is 5.63. The highest BCUT2D eigenvalue weighted by molar-refractivity contribution is 7.20. The van der Waals surface area contributed by atoms with Crippen LogP contribution in [0.25, 0.3) is 10.4 Å². The summed E-state index contributed by atoms with van der Waals surface area (Å²) >= 11 is 7.16. The van der Waals surface area contributed by atoms with Crippen molar-refractivity contribution in [3.05, 3.63) is 64.3 Å². The van der Waals surface area contributed by atoms with Gasteiger partial charge < -0.3 is 11.1 Å². The van der Waals surface area contributed by atoms with Gasteiger partial charge in [-0.2, -0.15) is 13.2 Å². The number of hydrogen-bond acceptors (Lipinski definition) is 4. The van der Waals surface area contributed by atoms with E-state index in [9.17, 15) is 18.0 Å². The van der Waals surface area contributed by atoms with E-state index < -0.39 is 17.6 Å². The Morgan fingerprint density at radius 3 is 2.59 bits per heavy atom. The van der Waals surface area contributed by atoms with Crippen LogP contribution in [0.1, 0.15) is 21.6 Å². The van der Waals surface area contributed by atoms with E-state index in [0.29, 0.717) is 15.7 Å². The summed E-state index contributed by atoms with van der Waals surface area (Å²) in [7, 11) is 0. The molecule has 0 saturated heterocycles. The Bertz CT molecular complexity index is 1020. The lowest BCUT2D eigenvalue weighted by atomic mass is 10.1. The first-order valence-electron chi connectivity index (χ1n) is 7.66. The zero-order chi connectivity index (χ0) is 19.8. The second-order valence-corrected chi connectivity index (χ2v) is 7.16. The molecule has 3 N–H and O–H groups in total. The van der Waals surface area contributed by atoms with Gasteiger partial charge in [0.05, 0.1) is 11.1 Å². The van der Waals surface area contributed by atoms with Gasteiger partial charge in [-0.25, -0.2) is 4.98 Å². The van der Waals surface area contributed by atoms with Crippen molar-refractivity contribution in [2.24, 2.45) is 5.73 Å². The van der Waals surface area contributed by atoms with Crippen LogP contribution in [0.5, 0.6) is 0 Å². The molecule has 0 radical (unpaired) electrons. The normalized spacial score (nSPS) is 11.4. The van der Waals surface area contributed by atoms with Crippen molar-refractivity contribution in [3.63, 3.8) is 0 Å². The van der Waals surface area contributed by atoms with Crippen LogP contribution in [-0.4, -0.2) is 10.9 Å². The molecule has 140 valence electrons. The Labute approximate surface area is 161 Å². The van der Waals surface area contributed by atoms with E-state index >= 15 is 0 Å². The molecular weight excluding hydrogens is 399 g/mol.